The van der Waals surface area contributed by atoms with Crippen molar-refractivity contribution in [1.82, 2.24) is 0 Å². The van der Waals surface area contributed by atoms with Crippen molar-refractivity contribution in [3.8, 4) is 0 Å². The molecule has 4 heteroatoms. The van der Waals surface area contributed by atoms with Crippen molar-refractivity contribution in [2.45, 2.75) is 216 Å². The molecule has 3 N–H and O–H groups in total. The second kappa shape index (κ2) is 17.3. The average molecular weight is 803 g/mol. The van der Waals surface area contributed by atoms with Crippen LogP contribution in [0.3, 0.4) is 0 Å². The van der Waals surface area contributed by atoms with Gasteiger partial charge in [0.2, 0.25) is 0 Å². The Morgan fingerprint density at radius 3 is 1.60 bits per heavy atom. The van der Waals surface area contributed by atoms with Crippen molar-refractivity contribution in [3.05, 3.63) is 23.3 Å². The molecule has 0 aliphatic heterocycles. The third-order valence-corrected chi connectivity index (χ3v) is 20.4. The van der Waals surface area contributed by atoms with Crippen LogP contribution in [0.5, 0.6) is 0 Å². The zero-order chi connectivity index (χ0) is 41.9. The van der Waals surface area contributed by atoms with Crippen molar-refractivity contribution < 1.29 is 20.1 Å². The van der Waals surface area contributed by atoms with E-state index < -0.39 is 0 Å². The number of ketones is 1. The summed E-state index contributed by atoms with van der Waals surface area (Å²) in [6, 6.07) is 0. The molecule has 0 aromatic carbocycles. The molecule has 4 nitrogen and oxygen atoms in total. The van der Waals surface area contributed by atoms with Gasteiger partial charge in [0.25, 0.3) is 0 Å². The molecule has 0 aromatic heterocycles. The molecular formula is C54H90O4. The van der Waals surface area contributed by atoms with Gasteiger partial charge in [0.1, 0.15) is 0 Å². The standard InChI is InChI=1S/C27H46O2.C27H44O2/c2*1-17(2)7-6-8-18(3)21-9-10-22-25-23(12-14-27(21,22)5)26(4)13-11-20(28)15-19(26)16-24(25)29/h16-18,20-25,28-29H,6-15H2,1-5H3;16-18,20-23,25,28H,6-15H2,1-5H3/t18-,20+,21-,22+,23+,24+,25+,26+,27-;18-,20+,21-,22+,23+,25+,26+,27-/m11/s1. The van der Waals surface area contributed by atoms with Gasteiger partial charge in [0.15, 0.2) is 5.78 Å². The highest BCUT2D eigenvalue weighted by atomic mass is 16.3. The third-order valence-electron chi connectivity index (χ3n) is 20.4. The molecule has 8 aliphatic carbocycles. The lowest BCUT2D eigenvalue weighted by atomic mass is 9.46. The van der Waals surface area contributed by atoms with Gasteiger partial charge in [-0.3, -0.25) is 4.79 Å². The molecule has 0 spiro atoms. The molecule has 58 heavy (non-hydrogen) atoms. The molecule has 0 unspecified atom stereocenters. The van der Waals surface area contributed by atoms with Crippen LogP contribution in [0.4, 0.5) is 0 Å². The quantitative estimate of drug-likeness (QED) is 0.192. The predicted molar refractivity (Wildman–Crippen MR) is 240 cm³/mol. The summed E-state index contributed by atoms with van der Waals surface area (Å²) >= 11 is 0. The highest BCUT2D eigenvalue weighted by molar-refractivity contribution is 5.94. The van der Waals surface area contributed by atoms with Crippen molar-refractivity contribution in [2.24, 2.45) is 92.7 Å². The highest BCUT2D eigenvalue weighted by Gasteiger charge is 2.63. The molecule has 330 valence electrons. The number of aliphatic hydroxyl groups excluding tert-OH is 3. The van der Waals surface area contributed by atoms with Crippen LogP contribution < -0.4 is 0 Å². The molecule has 8 rings (SSSR count). The minimum atomic E-state index is -0.298. The fourth-order valence-electron chi connectivity index (χ4n) is 17.1. The number of allylic oxidation sites excluding steroid dienone is 1. The highest BCUT2D eigenvalue weighted by Crippen LogP contribution is 2.69. The van der Waals surface area contributed by atoms with Crippen LogP contribution >= 0.6 is 0 Å². The Bertz CT molecular complexity index is 1510. The number of hydrogen-bond donors (Lipinski definition) is 3. The first kappa shape index (κ1) is 45.1. The van der Waals surface area contributed by atoms with Crippen molar-refractivity contribution in [3.63, 3.8) is 0 Å². The summed E-state index contributed by atoms with van der Waals surface area (Å²) in [6.45, 7) is 24.4. The molecule has 6 saturated carbocycles. The van der Waals surface area contributed by atoms with E-state index in [0.717, 1.165) is 74.0 Å². The smallest absolute Gasteiger partial charge is 0.159 e. The Morgan fingerprint density at radius 1 is 0.569 bits per heavy atom. The first-order valence-electron chi connectivity index (χ1n) is 25.3. The SMILES string of the molecule is CC(C)CCC[C@@H](C)[C@H]1CC[C@H]2[C@@H]3C(=O)C=C4C[C@@H](O)CC[C@]4(C)[C@H]3CC[C@]12C.CC(C)CCC[C@@H](C)[C@H]1CC[C@H]2[C@@H]3[C@@H](O)C=C4C[C@@H](O)CC[C@]4(C)[C@H]3CC[C@]12C. The Hall–Kier alpha value is -0.970. The normalized spacial score (nSPS) is 46.7. The van der Waals surface area contributed by atoms with Crippen LogP contribution in [0.25, 0.3) is 0 Å². The zero-order valence-corrected chi connectivity index (χ0v) is 39.2. The van der Waals surface area contributed by atoms with Crippen molar-refractivity contribution >= 4 is 5.78 Å². The predicted octanol–water partition coefficient (Wildman–Crippen LogP) is 12.9. The molecule has 0 amide bonds. The monoisotopic (exact) mass is 803 g/mol. The first-order chi connectivity index (χ1) is 27.3. The topological polar surface area (TPSA) is 77.8 Å². The van der Waals surface area contributed by atoms with E-state index in [4.69, 9.17) is 0 Å². The minimum Gasteiger partial charge on any atom is -0.393 e. The van der Waals surface area contributed by atoms with E-state index in [9.17, 15) is 20.1 Å². The number of carbonyl (C=O) groups is 1. The fourth-order valence-corrected chi connectivity index (χ4v) is 17.1. The van der Waals surface area contributed by atoms with Crippen LogP contribution in [0, 0.1) is 92.7 Å². The summed E-state index contributed by atoms with van der Waals surface area (Å²) < 4.78 is 0. The Labute approximate surface area is 356 Å². The second-order valence-corrected chi connectivity index (χ2v) is 24.5. The van der Waals surface area contributed by atoms with E-state index >= 15 is 0 Å². The van der Waals surface area contributed by atoms with Gasteiger partial charge in [-0.15, -0.1) is 0 Å². The largest absolute Gasteiger partial charge is 0.393 e. The Kier molecular flexibility index (Phi) is 13.4. The number of fused-ring (bicyclic) bond motifs is 10. The second-order valence-electron chi connectivity index (χ2n) is 24.5. The van der Waals surface area contributed by atoms with Crippen LogP contribution in [0.1, 0.15) is 198 Å². The number of carbonyl (C=O) groups excluding carboxylic acids is 1. The summed E-state index contributed by atoms with van der Waals surface area (Å²) in [5, 5.41) is 31.7. The molecule has 0 heterocycles. The van der Waals surface area contributed by atoms with Gasteiger partial charge in [-0.2, -0.15) is 0 Å². The maximum atomic E-state index is 13.4. The fraction of sp³-hybridized carbons (Fsp3) is 0.907. The maximum Gasteiger partial charge on any atom is 0.159 e. The zero-order valence-electron chi connectivity index (χ0n) is 39.2. The molecule has 0 saturated heterocycles. The van der Waals surface area contributed by atoms with E-state index in [2.05, 4.69) is 75.3 Å². The lowest BCUT2D eigenvalue weighted by molar-refractivity contribution is -0.135. The van der Waals surface area contributed by atoms with Crippen molar-refractivity contribution in [1.29, 1.82) is 0 Å². The maximum absolute atomic E-state index is 13.4. The van der Waals surface area contributed by atoms with Gasteiger partial charge in [0, 0.05) is 5.92 Å². The summed E-state index contributed by atoms with van der Waals surface area (Å²) in [5.41, 5.74) is 3.76. The minimum absolute atomic E-state index is 0.153. The summed E-state index contributed by atoms with van der Waals surface area (Å²) in [5.74, 6) is 8.29. The summed E-state index contributed by atoms with van der Waals surface area (Å²) in [6.07, 6.45) is 27.5. The summed E-state index contributed by atoms with van der Waals surface area (Å²) in [7, 11) is 0. The average Bonchev–Trinajstić information content (AvgIpc) is 3.70. The van der Waals surface area contributed by atoms with E-state index in [1.165, 1.54) is 101 Å². The third kappa shape index (κ3) is 8.08. The van der Waals surface area contributed by atoms with E-state index in [-0.39, 0.29) is 35.1 Å². The van der Waals surface area contributed by atoms with E-state index in [0.29, 0.717) is 46.2 Å². The van der Waals surface area contributed by atoms with Crippen LogP contribution in [-0.4, -0.2) is 39.4 Å². The van der Waals surface area contributed by atoms with Gasteiger partial charge in [0.05, 0.1) is 18.3 Å². The van der Waals surface area contributed by atoms with Gasteiger partial charge in [-0.25, -0.2) is 0 Å². The van der Waals surface area contributed by atoms with E-state index in [1.807, 2.05) is 6.08 Å². The van der Waals surface area contributed by atoms with Gasteiger partial charge in [-0.1, -0.05) is 125 Å². The van der Waals surface area contributed by atoms with Crippen LogP contribution in [0.15, 0.2) is 23.3 Å². The van der Waals surface area contributed by atoms with Gasteiger partial charge in [-0.05, 0) is 183 Å². The van der Waals surface area contributed by atoms with E-state index in [1.54, 1.807) is 0 Å². The number of aliphatic hydroxyl groups is 3. The number of rotatable bonds is 10. The Morgan fingerprint density at radius 2 is 1.05 bits per heavy atom. The molecule has 6 fully saturated rings. The van der Waals surface area contributed by atoms with Crippen molar-refractivity contribution in [2.75, 3.05) is 0 Å². The molecule has 17 atom stereocenters. The van der Waals surface area contributed by atoms with Gasteiger partial charge < -0.3 is 15.3 Å². The summed E-state index contributed by atoms with van der Waals surface area (Å²) in [4.78, 5) is 13.4. The molecule has 0 aromatic rings. The Balaban J connectivity index is 0.000000177. The molecule has 0 radical (unpaired) electrons. The lowest BCUT2D eigenvalue weighted by Gasteiger charge is -2.59. The molecule has 8 aliphatic rings. The van der Waals surface area contributed by atoms with Crippen LogP contribution in [0.2, 0.25) is 0 Å². The molecular weight excluding hydrogens is 713 g/mol. The molecule has 0 bridgehead atoms. The lowest BCUT2D eigenvalue weighted by Crippen LogP contribution is -2.54. The number of hydrogen-bond acceptors (Lipinski definition) is 4. The first-order valence-corrected chi connectivity index (χ1v) is 25.3. The van der Waals surface area contributed by atoms with Gasteiger partial charge >= 0.3 is 0 Å². The van der Waals surface area contributed by atoms with Crippen LogP contribution in [-0.2, 0) is 4.79 Å².